The van der Waals surface area contributed by atoms with Gasteiger partial charge in [0.25, 0.3) is 5.91 Å². The minimum Gasteiger partial charge on any atom is -0.368 e. The van der Waals surface area contributed by atoms with Crippen molar-refractivity contribution in [3.8, 4) is 0 Å². The molecule has 16 heavy (non-hydrogen) atoms. The van der Waals surface area contributed by atoms with E-state index in [2.05, 4.69) is 21.2 Å². The second-order valence-electron chi connectivity index (χ2n) is 3.95. The van der Waals surface area contributed by atoms with Crippen molar-refractivity contribution in [2.75, 3.05) is 11.9 Å². The zero-order chi connectivity index (χ0) is 11.5. The molecule has 1 aromatic carbocycles. The van der Waals surface area contributed by atoms with Gasteiger partial charge in [0, 0.05) is 16.8 Å². The lowest BCUT2D eigenvalue weighted by molar-refractivity contribution is -0.124. The molecule has 1 saturated heterocycles. The topological polar surface area (TPSA) is 38.3 Å². The van der Waals surface area contributed by atoms with Gasteiger partial charge in [-0.3, -0.25) is 4.79 Å². The summed E-state index contributed by atoms with van der Waals surface area (Å²) in [5, 5.41) is 2.86. The number of rotatable bonds is 2. The van der Waals surface area contributed by atoms with Crippen LogP contribution < -0.4 is 5.32 Å². The lowest BCUT2D eigenvalue weighted by Gasteiger charge is -2.11. The summed E-state index contributed by atoms with van der Waals surface area (Å²) in [6, 6.07) is 5.77. The van der Waals surface area contributed by atoms with Gasteiger partial charge >= 0.3 is 0 Å². The van der Waals surface area contributed by atoms with Gasteiger partial charge in [0.2, 0.25) is 0 Å². The van der Waals surface area contributed by atoms with Crippen LogP contribution in [0.3, 0.4) is 0 Å². The number of benzene rings is 1. The maximum atomic E-state index is 11.8. The van der Waals surface area contributed by atoms with Crippen molar-refractivity contribution in [1.82, 2.24) is 0 Å². The molecule has 0 spiro atoms. The highest BCUT2D eigenvalue weighted by molar-refractivity contribution is 9.10. The number of anilines is 1. The zero-order valence-electron chi connectivity index (χ0n) is 9.13. The summed E-state index contributed by atoms with van der Waals surface area (Å²) in [6.45, 7) is 2.70. The van der Waals surface area contributed by atoms with Crippen LogP contribution in [0.15, 0.2) is 22.7 Å². The Labute approximate surface area is 103 Å². The third kappa shape index (κ3) is 2.62. The average molecular weight is 284 g/mol. The average Bonchev–Trinajstić information content (AvgIpc) is 2.77. The maximum absolute atomic E-state index is 11.8. The molecule has 1 aliphatic heterocycles. The number of ether oxygens (including phenoxy) is 1. The molecule has 1 unspecified atom stereocenters. The molecular formula is C12H14BrNO2. The molecule has 3 nitrogen and oxygen atoms in total. The standard InChI is InChI=1S/C12H14BrNO2/c1-8-4-5-9(7-10(8)13)14-12(15)11-3-2-6-16-11/h4-5,7,11H,2-3,6H2,1H3,(H,14,15). The van der Waals surface area contributed by atoms with Crippen molar-refractivity contribution in [2.24, 2.45) is 0 Å². The van der Waals surface area contributed by atoms with Crippen molar-refractivity contribution in [3.05, 3.63) is 28.2 Å². The fraction of sp³-hybridized carbons (Fsp3) is 0.417. The molecule has 0 saturated carbocycles. The molecule has 0 radical (unpaired) electrons. The van der Waals surface area contributed by atoms with E-state index in [1.807, 2.05) is 25.1 Å². The smallest absolute Gasteiger partial charge is 0.253 e. The lowest BCUT2D eigenvalue weighted by atomic mass is 10.2. The van der Waals surface area contributed by atoms with Crippen LogP contribution in [0.5, 0.6) is 0 Å². The highest BCUT2D eigenvalue weighted by atomic mass is 79.9. The quantitative estimate of drug-likeness (QED) is 0.906. The van der Waals surface area contributed by atoms with E-state index in [1.54, 1.807) is 0 Å². The number of hydrogen-bond acceptors (Lipinski definition) is 2. The number of aryl methyl sites for hydroxylation is 1. The molecular weight excluding hydrogens is 270 g/mol. The van der Waals surface area contributed by atoms with Crippen molar-refractivity contribution < 1.29 is 9.53 Å². The van der Waals surface area contributed by atoms with Gasteiger partial charge in [0.05, 0.1) is 0 Å². The van der Waals surface area contributed by atoms with Crippen molar-refractivity contribution >= 4 is 27.5 Å². The first-order chi connectivity index (χ1) is 7.66. The molecule has 1 fully saturated rings. The van der Waals surface area contributed by atoms with E-state index >= 15 is 0 Å². The van der Waals surface area contributed by atoms with Gasteiger partial charge in [-0.25, -0.2) is 0 Å². The van der Waals surface area contributed by atoms with Crippen LogP contribution in [0.2, 0.25) is 0 Å². The molecule has 86 valence electrons. The molecule has 1 N–H and O–H groups in total. The number of carbonyl (C=O) groups is 1. The predicted molar refractivity (Wildman–Crippen MR) is 66.5 cm³/mol. The fourth-order valence-electron chi connectivity index (χ4n) is 1.68. The van der Waals surface area contributed by atoms with Crippen LogP contribution in [0.1, 0.15) is 18.4 Å². The van der Waals surface area contributed by atoms with Crippen LogP contribution in [0.25, 0.3) is 0 Å². The Morgan fingerprint density at radius 1 is 1.56 bits per heavy atom. The molecule has 1 amide bonds. The van der Waals surface area contributed by atoms with E-state index in [9.17, 15) is 4.79 Å². The molecule has 1 aliphatic rings. The van der Waals surface area contributed by atoms with Gasteiger partial charge in [-0.05, 0) is 37.5 Å². The summed E-state index contributed by atoms with van der Waals surface area (Å²) in [5.74, 6) is -0.0479. The Bertz CT molecular complexity index is 400. The van der Waals surface area contributed by atoms with E-state index < -0.39 is 0 Å². The Kier molecular flexibility index (Phi) is 3.61. The summed E-state index contributed by atoms with van der Waals surface area (Å²) in [4.78, 5) is 11.8. The first-order valence-corrected chi connectivity index (χ1v) is 6.15. The van der Waals surface area contributed by atoms with E-state index in [-0.39, 0.29) is 12.0 Å². The van der Waals surface area contributed by atoms with Crippen molar-refractivity contribution in [1.29, 1.82) is 0 Å². The second-order valence-corrected chi connectivity index (χ2v) is 4.81. The Morgan fingerprint density at radius 2 is 2.38 bits per heavy atom. The van der Waals surface area contributed by atoms with Crippen LogP contribution in [0.4, 0.5) is 5.69 Å². The van der Waals surface area contributed by atoms with Crippen LogP contribution in [0, 0.1) is 6.92 Å². The summed E-state index contributed by atoms with van der Waals surface area (Å²) in [6.07, 6.45) is 1.51. The van der Waals surface area contributed by atoms with Crippen LogP contribution in [-0.4, -0.2) is 18.6 Å². The molecule has 0 aromatic heterocycles. The third-order valence-electron chi connectivity index (χ3n) is 2.66. The number of hydrogen-bond donors (Lipinski definition) is 1. The predicted octanol–water partition coefficient (Wildman–Crippen LogP) is 2.88. The molecule has 0 bridgehead atoms. The van der Waals surface area contributed by atoms with Gasteiger partial charge in [-0.15, -0.1) is 0 Å². The summed E-state index contributed by atoms with van der Waals surface area (Å²) in [5.41, 5.74) is 1.95. The van der Waals surface area contributed by atoms with Gasteiger partial charge in [-0.2, -0.15) is 0 Å². The molecule has 4 heteroatoms. The van der Waals surface area contributed by atoms with E-state index in [1.165, 1.54) is 0 Å². The van der Waals surface area contributed by atoms with E-state index in [0.29, 0.717) is 6.61 Å². The number of halogens is 1. The number of nitrogens with one attached hydrogen (secondary N) is 1. The molecule has 1 aromatic rings. The zero-order valence-corrected chi connectivity index (χ0v) is 10.7. The second kappa shape index (κ2) is 4.97. The number of carbonyl (C=O) groups excluding carboxylic acids is 1. The van der Waals surface area contributed by atoms with Gasteiger partial charge in [-0.1, -0.05) is 22.0 Å². The first-order valence-electron chi connectivity index (χ1n) is 5.35. The Morgan fingerprint density at radius 3 is 3.00 bits per heavy atom. The fourth-order valence-corrected chi connectivity index (χ4v) is 2.06. The molecule has 0 aliphatic carbocycles. The minimum atomic E-state index is -0.278. The van der Waals surface area contributed by atoms with Crippen LogP contribution in [-0.2, 0) is 9.53 Å². The highest BCUT2D eigenvalue weighted by Gasteiger charge is 2.23. The van der Waals surface area contributed by atoms with Crippen LogP contribution >= 0.6 is 15.9 Å². The van der Waals surface area contributed by atoms with E-state index in [0.717, 1.165) is 28.6 Å². The third-order valence-corrected chi connectivity index (χ3v) is 3.52. The first kappa shape index (κ1) is 11.6. The largest absolute Gasteiger partial charge is 0.368 e. The van der Waals surface area contributed by atoms with Gasteiger partial charge in [0.1, 0.15) is 6.10 Å². The normalized spacial score (nSPS) is 19.8. The maximum Gasteiger partial charge on any atom is 0.253 e. The molecule has 1 heterocycles. The lowest BCUT2D eigenvalue weighted by Crippen LogP contribution is -2.26. The summed E-state index contributed by atoms with van der Waals surface area (Å²) >= 11 is 3.44. The summed E-state index contributed by atoms with van der Waals surface area (Å²) < 4.78 is 6.31. The Balaban J connectivity index is 2.02. The number of amides is 1. The molecule has 1 atom stereocenters. The minimum absolute atomic E-state index is 0.0479. The Hall–Kier alpha value is -0.870. The van der Waals surface area contributed by atoms with Crippen molar-refractivity contribution in [3.63, 3.8) is 0 Å². The highest BCUT2D eigenvalue weighted by Crippen LogP contribution is 2.21. The summed E-state index contributed by atoms with van der Waals surface area (Å²) in [7, 11) is 0. The SMILES string of the molecule is Cc1ccc(NC(=O)C2CCCO2)cc1Br. The van der Waals surface area contributed by atoms with Gasteiger partial charge < -0.3 is 10.1 Å². The van der Waals surface area contributed by atoms with Gasteiger partial charge in [0.15, 0.2) is 0 Å². The monoisotopic (exact) mass is 283 g/mol. The van der Waals surface area contributed by atoms with E-state index in [4.69, 9.17) is 4.74 Å². The molecule has 2 rings (SSSR count). The van der Waals surface area contributed by atoms with Crippen molar-refractivity contribution in [2.45, 2.75) is 25.9 Å².